The number of fused-ring (bicyclic) bond motifs is 1. The largest absolute Gasteiger partial charge is 0.490 e. The SMILES string of the molecule is CC1Cc2ccc(-c3cc(COC(=O)c4ccc(Cn5ccnc5)cc4)no3)cc2O1. The number of imidazole rings is 1. The molecule has 156 valence electrons. The van der Waals surface area contributed by atoms with Crippen molar-refractivity contribution >= 4 is 5.97 Å². The van der Waals surface area contributed by atoms with Crippen molar-refractivity contribution in [2.45, 2.75) is 32.6 Å². The third kappa shape index (κ3) is 4.21. The quantitative estimate of drug-likeness (QED) is 0.438. The van der Waals surface area contributed by atoms with Crippen LogP contribution in [0.25, 0.3) is 11.3 Å². The van der Waals surface area contributed by atoms with Gasteiger partial charge < -0.3 is 18.6 Å². The Morgan fingerprint density at radius 1 is 1.19 bits per heavy atom. The van der Waals surface area contributed by atoms with Crippen LogP contribution in [0.2, 0.25) is 0 Å². The molecule has 2 aromatic heterocycles. The molecule has 0 bridgehead atoms. The monoisotopic (exact) mass is 415 g/mol. The van der Waals surface area contributed by atoms with Gasteiger partial charge in [0.25, 0.3) is 0 Å². The maximum Gasteiger partial charge on any atom is 0.338 e. The van der Waals surface area contributed by atoms with Crippen molar-refractivity contribution in [3.05, 3.63) is 89.6 Å². The Labute approximate surface area is 179 Å². The fourth-order valence-electron chi connectivity index (χ4n) is 3.63. The van der Waals surface area contributed by atoms with E-state index in [0.717, 1.165) is 23.3 Å². The van der Waals surface area contributed by atoms with Gasteiger partial charge in [-0.2, -0.15) is 0 Å². The summed E-state index contributed by atoms with van der Waals surface area (Å²) in [6.45, 7) is 2.79. The number of benzene rings is 2. The molecule has 7 heteroatoms. The second-order valence-corrected chi connectivity index (χ2v) is 7.65. The molecule has 1 unspecified atom stereocenters. The molecule has 3 heterocycles. The van der Waals surface area contributed by atoms with Crippen LogP contribution in [0.4, 0.5) is 0 Å². The molecule has 7 nitrogen and oxygen atoms in total. The molecule has 31 heavy (non-hydrogen) atoms. The zero-order valence-corrected chi connectivity index (χ0v) is 17.0. The summed E-state index contributed by atoms with van der Waals surface area (Å²) >= 11 is 0. The van der Waals surface area contributed by atoms with Gasteiger partial charge in [-0.25, -0.2) is 9.78 Å². The van der Waals surface area contributed by atoms with Crippen LogP contribution in [0.15, 0.2) is 71.8 Å². The van der Waals surface area contributed by atoms with E-state index in [9.17, 15) is 4.79 Å². The molecule has 4 aromatic rings. The number of esters is 1. The first kappa shape index (κ1) is 19.1. The van der Waals surface area contributed by atoms with Gasteiger partial charge in [-0.05, 0) is 36.2 Å². The van der Waals surface area contributed by atoms with Crippen molar-refractivity contribution in [3.63, 3.8) is 0 Å². The Kier molecular flexibility index (Phi) is 5.00. The standard InChI is InChI=1S/C24H21N3O4/c1-16-10-19-6-7-20(11-22(19)30-16)23-12-21(26-31-23)14-29-24(28)18-4-2-17(3-5-18)13-27-9-8-25-15-27/h2-9,11-12,15-16H,10,13-14H2,1H3. The van der Waals surface area contributed by atoms with Crippen LogP contribution in [0.5, 0.6) is 5.75 Å². The molecule has 1 aliphatic rings. The van der Waals surface area contributed by atoms with E-state index in [1.807, 2.05) is 48.0 Å². The third-order valence-corrected chi connectivity index (χ3v) is 5.21. The molecule has 0 saturated heterocycles. The third-order valence-electron chi connectivity index (χ3n) is 5.21. The molecule has 1 atom stereocenters. The minimum absolute atomic E-state index is 0.0393. The molecule has 0 radical (unpaired) electrons. The Balaban J connectivity index is 1.19. The van der Waals surface area contributed by atoms with Gasteiger partial charge in [-0.3, -0.25) is 0 Å². The van der Waals surface area contributed by atoms with E-state index in [4.69, 9.17) is 14.0 Å². The highest BCUT2D eigenvalue weighted by atomic mass is 16.5. The fraction of sp³-hybridized carbons (Fsp3) is 0.208. The summed E-state index contributed by atoms with van der Waals surface area (Å²) in [4.78, 5) is 16.4. The van der Waals surface area contributed by atoms with Crippen LogP contribution in [0.1, 0.15) is 34.1 Å². The van der Waals surface area contributed by atoms with Gasteiger partial charge in [0.2, 0.25) is 0 Å². The summed E-state index contributed by atoms with van der Waals surface area (Å²) in [5.41, 5.74) is 4.19. The van der Waals surface area contributed by atoms with Crippen LogP contribution in [0.3, 0.4) is 0 Å². The average molecular weight is 415 g/mol. The summed E-state index contributed by atoms with van der Waals surface area (Å²) in [6, 6.07) is 15.1. The molecule has 5 rings (SSSR count). The molecule has 1 aliphatic heterocycles. The summed E-state index contributed by atoms with van der Waals surface area (Å²) < 4.78 is 18.6. The van der Waals surface area contributed by atoms with Crippen molar-refractivity contribution in [2.75, 3.05) is 0 Å². The molecule has 0 fully saturated rings. The van der Waals surface area contributed by atoms with Crippen LogP contribution < -0.4 is 4.74 Å². The first-order valence-corrected chi connectivity index (χ1v) is 10.1. The minimum atomic E-state index is -0.404. The highest BCUT2D eigenvalue weighted by Crippen LogP contribution is 2.33. The van der Waals surface area contributed by atoms with E-state index in [2.05, 4.69) is 10.1 Å². The summed E-state index contributed by atoms with van der Waals surface area (Å²) in [6.07, 6.45) is 6.49. The molecular formula is C24H21N3O4. The first-order valence-electron chi connectivity index (χ1n) is 10.1. The van der Waals surface area contributed by atoms with E-state index in [0.29, 0.717) is 23.6 Å². The number of rotatable bonds is 6. The van der Waals surface area contributed by atoms with Crippen LogP contribution in [-0.2, 0) is 24.3 Å². The zero-order valence-electron chi connectivity index (χ0n) is 17.0. The molecular weight excluding hydrogens is 394 g/mol. The maximum atomic E-state index is 12.4. The number of carbonyl (C=O) groups is 1. The number of ether oxygens (including phenoxy) is 2. The Morgan fingerprint density at radius 3 is 2.87 bits per heavy atom. The van der Waals surface area contributed by atoms with Crippen molar-refractivity contribution in [2.24, 2.45) is 0 Å². The second kappa shape index (κ2) is 8.10. The fourth-order valence-corrected chi connectivity index (χ4v) is 3.63. The Morgan fingerprint density at radius 2 is 2.06 bits per heavy atom. The normalized spacial score (nSPS) is 14.8. The topological polar surface area (TPSA) is 79.4 Å². The van der Waals surface area contributed by atoms with E-state index in [1.165, 1.54) is 5.56 Å². The first-order chi connectivity index (χ1) is 15.1. The lowest BCUT2D eigenvalue weighted by atomic mass is 10.1. The van der Waals surface area contributed by atoms with Crippen LogP contribution >= 0.6 is 0 Å². The zero-order chi connectivity index (χ0) is 21.2. The number of aromatic nitrogens is 3. The number of hydrogen-bond acceptors (Lipinski definition) is 6. The lowest BCUT2D eigenvalue weighted by Crippen LogP contribution is -2.06. The number of hydrogen-bond donors (Lipinski definition) is 0. The van der Waals surface area contributed by atoms with Gasteiger partial charge in [0.1, 0.15) is 24.2 Å². The summed E-state index contributed by atoms with van der Waals surface area (Å²) in [5, 5.41) is 4.02. The van der Waals surface area contributed by atoms with Gasteiger partial charge in [-0.1, -0.05) is 29.4 Å². The van der Waals surface area contributed by atoms with E-state index >= 15 is 0 Å². The Hall–Kier alpha value is -3.87. The minimum Gasteiger partial charge on any atom is -0.490 e. The average Bonchev–Trinajstić information content (AvgIpc) is 3.52. The van der Waals surface area contributed by atoms with Gasteiger partial charge in [0.05, 0.1) is 11.9 Å². The van der Waals surface area contributed by atoms with E-state index in [1.54, 1.807) is 30.7 Å². The molecule has 0 aliphatic carbocycles. The van der Waals surface area contributed by atoms with Crippen molar-refractivity contribution in [1.29, 1.82) is 0 Å². The van der Waals surface area contributed by atoms with E-state index in [-0.39, 0.29) is 12.7 Å². The van der Waals surface area contributed by atoms with Crippen LogP contribution in [0, 0.1) is 0 Å². The van der Waals surface area contributed by atoms with Gasteiger partial charge >= 0.3 is 5.97 Å². The number of nitrogens with zero attached hydrogens (tertiary/aromatic N) is 3. The molecule has 2 aromatic carbocycles. The van der Waals surface area contributed by atoms with E-state index < -0.39 is 5.97 Å². The van der Waals surface area contributed by atoms with Crippen molar-refractivity contribution in [1.82, 2.24) is 14.7 Å². The molecule has 0 spiro atoms. The van der Waals surface area contributed by atoms with Gasteiger partial charge in [0, 0.05) is 37.0 Å². The summed E-state index contributed by atoms with van der Waals surface area (Å²) in [5.74, 6) is 1.09. The molecule has 0 amide bonds. The smallest absolute Gasteiger partial charge is 0.338 e. The predicted molar refractivity (Wildman–Crippen MR) is 113 cm³/mol. The molecule has 0 N–H and O–H groups in total. The maximum absolute atomic E-state index is 12.4. The van der Waals surface area contributed by atoms with Gasteiger partial charge in [0.15, 0.2) is 5.76 Å². The lowest BCUT2D eigenvalue weighted by molar-refractivity contribution is 0.0464. The van der Waals surface area contributed by atoms with Crippen LogP contribution in [-0.4, -0.2) is 26.8 Å². The van der Waals surface area contributed by atoms with Crippen molar-refractivity contribution < 1.29 is 18.8 Å². The molecule has 0 saturated carbocycles. The lowest BCUT2D eigenvalue weighted by Gasteiger charge is -2.05. The predicted octanol–water partition coefficient (Wildman–Crippen LogP) is 4.27. The number of carbonyl (C=O) groups excluding carboxylic acids is 1. The highest BCUT2D eigenvalue weighted by Gasteiger charge is 2.20. The highest BCUT2D eigenvalue weighted by molar-refractivity contribution is 5.89. The summed E-state index contributed by atoms with van der Waals surface area (Å²) in [7, 11) is 0. The Bertz CT molecular complexity index is 1200. The van der Waals surface area contributed by atoms with Gasteiger partial charge in [-0.15, -0.1) is 0 Å². The second-order valence-electron chi connectivity index (χ2n) is 7.65. The van der Waals surface area contributed by atoms with Crippen molar-refractivity contribution in [3.8, 4) is 17.1 Å².